The Morgan fingerprint density at radius 2 is 1.70 bits per heavy atom. The van der Waals surface area contributed by atoms with Crippen molar-refractivity contribution in [3.8, 4) is 18.0 Å². The molecule has 1 aliphatic rings. The van der Waals surface area contributed by atoms with Gasteiger partial charge in [-0.05, 0) is 76.2 Å². The lowest BCUT2D eigenvalue weighted by atomic mass is 9.80. The molecule has 14 heteroatoms. The summed E-state index contributed by atoms with van der Waals surface area (Å²) >= 11 is 1.84. The van der Waals surface area contributed by atoms with Gasteiger partial charge < -0.3 is 10.6 Å². The van der Waals surface area contributed by atoms with E-state index >= 15 is 0 Å². The molecule has 2 heterocycles. The number of carbonyl (C=O) groups excluding carboxylic acids is 3. The smallest absolute Gasteiger partial charge is 0.340 e. The predicted molar refractivity (Wildman–Crippen MR) is 177 cm³/mol. The van der Waals surface area contributed by atoms with E-state index in [1.54, 1.807) is 37.3 Å². The molecule has 1 aliphatic heterocycles. The number of alkyl halides is 3. The minimum absolute atomic E-state index is 0.0852. The molecule has 0 saturated heterocycles. The van der Waals surface area contributed by atoms with Crippen LogP contribution < -0.4 is 15.5 Å². The minimum Gasteiger partial charge on any atom is -0.340 e. The number of anilines is 1. The topological polar surface area (TPSA) is 96.3 Å². The first-order valence-corrected chi connectivity index (χ1v) is 16.9. The van der Waals surface area contributed by atoms with Crippen molar-refractivity contribution in [2.75, 3.05) is 18.0 Å². The lowest BCUT2D eigenvalue weighted by Crippen LogP contribution is -2.55. The van der Waals surface area contributed by atoms with Crippen LogP contribution in [-0.2, 0) is 11.0 Å². The molecule has 0 aliphatic carbocycles. The van der Waals surface area contributed by atoms with Gasteiger partial charge in [0.05, 0.1) is 17.8 Å². The number of benzene rings is 3. The van der Waals surface area contributed by atoms with Gasteiger partial charge in [-0.15, -0.1) is 16.2 Å². The fourth-order valence-electron chi connectivity index (χ4n) is 5.22. The molecular formula is C32H26F4IN5O3S. The van der Waals surface area contributed by atoms with Gasteiger partial charge >= 0.3 is 6.18 Å². The van der Waals surface area contributed by atoms with Crippen molar-refractivity contribution in [1.82, 2.24) is 20.4 Å². The first kappa shape index (κ1) is 34.5. The molecule has 4 aromatic rings. The number of hydrogen-bond acceptors (Lipinski definition) is 5. The van der Waals surface area contributed by atoms with Gasteiger partial charge in [0.2, 0.25) is 0 Å². The second-order valence-electron chi connectivity index (χ2n) is 9.86. The lowest BCUT2D eigenvalue weighted by molar-refractivity contribution is -0.137. The third-order valence-electron chi connectivity index (χ3n) is 7.18. The highest BCUT2D eigenvalue weighted by molar-refractivity contribution is 14.2. The summed E-state index contributed by atoms with van der Waals surface area (Å²) in [6.07, 6.45) is 0.656. The number of nitrogens with one attached hydrogen (secondary N) is 2. The number of thiol groups is 1. The third kappa shape index (κ3) is 7.05. The van der Waals surface area contributed by atoms with Gasteiger partial charge in [-0.1, -0.05) is 42.3 Å². The summed E-state index contributed by atoms with van der Waals surface area (Å²) in [4.78, 5) is 42.4. The van der Waals surface area contributed by atoms with Crippen molar-refractivity contribution in [2.24, 2.45) is 0 Å². The third-order valence-corrected chi connectivity index (χ3v) is 7.18. The van der Waals surface area contributed by atoms with Gasteiger partial charge in [0.25, 0.3) is 17.7 Å². The number of terminal acetylenes is 1. The van der Waals surface area contributed by atoms with Gasteiger partial charge in [-0.2, -0.15) is 18.3 Å². The van der Waals surface area contributed by atoms with Crippen molar-refractivity contribution in [2.45, 2.75) is 25.1 Å². The fraction of sp³-hybridized carbons (Fsp3) is 0.188. The van der Waals surface area contributed by atoms with Gasteiger partial charge in [0, 0.05) is 23.6 Å². The molecule has 2 N–H and O–H groups in total. The molecule has 0 bridgehead atoms. The molecule has 1 aromatic heterocycles. The molecule has 3 amide bonds. The second kappa shape index (κ2) is 14.8. The number of amides is 3. The van der Waals surface area contributed by atoms with E-state index in [-0.39, 0.29) is 35.7 Å². The van der Waals surface area contributed by atoms with E-state index in [0.717, 1.165) is 24.3 Å². The maximum atomic E-state index is 14.2. The van der Waals surface area contributed by atoms with Crippen LogP contribution >= 0.6 is 31.0 Å². The number of fused-ring (bicyclic) bond motifs is 1. The Bertz CT molecular complexity index is 1780. The highest BCUT2D eigenvalue weighted by atomic mass is 127. The molecule has 8 nitrogen and oxygen atoms in total. The first-order valence-electron chi connectivity index (χ1n) is 13.7. The molecule has 2 unspecified atom stereocenters. The number of hydrogen-bond donors (Lipinski definition) is 3. The molecule has 0 radical (unpaired) electrons. The number of carbonyl (C=O) groups is 3. The Balaban J connectivity index is 0.00000235. The van der Waals surface area contributed by atoms with Crippen molar-refractivity contribution in [3.05, 3.63) is 113 Å². The summed E-state index contributed by atoms with van der Waals surface area (Å²) in [5, 5.41) is 9.76. The monoisotopic (exact) mass is 763 g/mol. The van der Waals surface area contributed by atoms with E-state index in [1.165, 1.54) is 27.8 Å². The maximum Gasteiger partial charge on any atom is 0.416 e. The number of likely N-dealkylation sites (N-methyl/N-ethyl adjacent to an activating group) is 1. The molecule has 0 fully saturated rings. The standard InChI is InChI=1S/C32H25F4N5O3.HIS/c1-3-17-37-29(43)26-25-24(19-13-15-22(33)16-14-19)27(38-28(42)20-9-8-10-21(18-20)32(34,35)36)31(44)40(4-2)30(25)41(39-26)23-11-6-5-7-12-23;1-2/h1,5-16,18,24,27H,4,17H2,2H3,(H,37,43)(H,38,42);2H. The van der Waals surface area contributed by atoms with Crippen LogP contribution in [0.4, 0.5) is 23.4 Å². The summed E-state index contributed by atoms with van der Waals surface area (Å²) in [5.41, 5.74) is -0.348. The van der Waals surface area contributed by atoms with E-state index in [4.69, 9.17) is 6.42 Å². The summed E-state index contributed by atoms with van der Waals surface area (Å²) in [6.45, 7) is 1.65. The Kier molecular flexibility index (Phi) is 11.1. The van der Waals surface area contributed by atoms with Crippen LogP contribution in [0.15, 0.2) is 78.9 Å². The minimum atomic E-state index is -4.70. The van der Waals surface area contributed by atoms with Crippen molar-refractivity contribution in [1.29, 1.82) is 0 Å². The second-order valence-corrected chi connectivity index (χ2v) is 9.86. The molecule has 3 aromatic carbocycles. The summed E-state index contributed by atoms with van der Waals surface area (Å²) in [7, 11) is 3.50. The highest BCUT2D eigenvalue weighted by Gasteiger charge is 2.47. The largest absolute Gasteiger partial charge is 0.416 e. The number of halogens is 5. The van der Waals surface area contributed by atoms with E-state index in [2.05, 4.69) is 31.5 Å². The molecule has 2 atom stereocenters. The van der Waals surface area contributed by atoms with Crippen molar-refractivity contribution in [3.63, 3.8) is 0 Å². The zero-order chi connectivity index (χ0) is 33.6. The molecule has 0 saturated carbocycles. The van der Waals surface area contributed by atoms with Crippen LogP contribution in [0, 0.1) is 18.2 Å². The Morgan fingerprint density at radius 3 is 2.30 bits per heavy atom. The normalized spacial score (nSPS) is 15.6. The van der Waals surface area contributed by atoms with E-state index < -0.39 is 47.2 Å². The van der Waals surface area contributed by atoms with Crippen molar-refractivity contribution >= 4 is 54.5 Å². The van der Waals surface area contributed by atoms with E-state index in [0.29, 0.717) is 17.3 Å². The Labute approximate surface area is 279 Å². The first-order chi connectivity index (χ1) is 22.0. The molecular weight excluding hydrogens is 737 g/mol. The van der Waals surface area contributed by atoms with Gasteiger partial charge in [0.15, 0.2) is 5.69 Å². The summed E-state index contributed by atoms with van der Waals surface area (Å²) in [6, 6.07) is 16.3. The van der Waals surface area contributed by atoms with Crippen LogP contribution in [0.25, 0.3) is 5.69 Å². The van der Waals surface area contributed by atoms with Gasteiger partial charge in [-0.25, -0.2) is 9.07 Å². The zero-order valence-corrected chi connectivity index (χ0v) is 27.1. The molecule has 238 valence electrons. The summed E-state index contributed by atoms with van der Waals surface area (Å²) in [5.74, 6) is -1.32. The average Bonchev–Trinajstić information content (AvgIpc) is 3.45. The number of nitrogens with zero attached hydrogens (tertiary/aromatic N) is 3. The molecule has 0 spiro atoms. The average molecular weight is 764 g/mol. The highest BCUT2D eigenvalue weighted by Crippen LogP contribution is 2.43. The van der Waals surface area contributed by atoms with Crippen LogP contribution in [0.5, 0.6) is 0 Å². The van der Waals surface area contributed by atoms with E-state index in [9.17, 15) is 31.9 Å². The van der Waals surface area contributed by atoms with Gasteiger partial charge in [-0.3, -0.25) is 19.3 Å². The summed E-state index contributed by atoms with van der Waals surface area (Å²) < 4.78 is 55.7. The zero-order valence-electron chi connectivity index (χ0n) is 24.1. The maximum absolute atomic E-state index is 14.2. The van der Waals surface area contributed by atoms with Crippen molar-refractivity contribution < 1.29 is 31.9 Å². The Hall–Kier alpha value is -4.36. The SMILES string of the molecule is C#CCNC(=O)c1nn(-c2ccccc2)c2c1C(c1ccc(F)cc1)C(NC(=O)c1cccc(C(F)(F)F)c1)C(=O)N2CC.SI. The van der Waals surface area contributed by atoms with Crippen LogP contribution in [0.2, 0.25) is 0 Å². The molecule has 46 heavy (non-hydrogen) atoms. The quantitative estimate of drug-likeness (QED) is 0.0939. The predicted octanol–water partition coefficient (Wildman–Crippen LogP) is 5.96. The van der Waals surface area contributed by atoms with Crippen LogP contribution in [0.3, 0.4) is 0 Å². The van der Waals surface area contributed by atoms with Crippen LogP contribution in [-0.4, -0.2) is 46.6 Å². The fourth-order valence-corrected chi connectivity index (χ4v) is 5.22. The van der Waals surface area contributed by atoms with E-state index in [1.807, 2.05) is 21.2 Å². The number of rotatable bonds is 7. The lowest BCUT2D eigenvalue weighted by Gasteiger charge is -2.38. The Morgan fingerprint density at radius 1 is 1.02 bits per heavy atom. The number of para-hydroxylation sites is 1. The molecule has 5 rings (SSSR count). The number of aromatic nitrogens is 2. The van der Waals surface area contributed by atoms with Gasteiger partial charge in [0.1, 0.15) is 17.7 Å². The van der Waals surface area contributed by atoms with Crippen LogP contribution in [0.1, 0.15) is 50.4 Å².